The Morgan fingerprint density at radius 1 is 1.05 bits per heavy atom. The molecular weight excluding hydrogens is 274 g/mol. The first kappa shape index (κ1) is 14.6. The minimum Gasteiger partial charge on any atom is -0.497 e. The van der Waals surface area contributed by atoms with Gasteiger partial charge in [-0.3, -0.25) is 4.79 Å². The highest BCUT2D eigenvalue weighted by molar-refractivity contribution is 6.03. The van der Waals surface area contributed by atoms with Crippen LogP contribution in [0.4, 0.5) is 5.69 Å². The summed E-state index contributed by atoms with van der Waals surface area (Å²) >= 11 is 0. The van der Waals surface area contributed by atoms with E-state index in [0.29, 0.717) is 23.1 Å². The fourth-order valence-electron chi connectivity index (χ4n) is 1.66. The van der Waals surface area contributed by atoms with E-state index in [2.05, 4.69) is 15.3 Å². The lowest BCUT2D eigenvalue weighted by Crippen LogP contribution is -2.14. The molecule has 0 fully saturated rings. The highest BCUT2D eigenvalue weighted by Crippen LogP contribution is 2.29. The molecule has 21 heavy (non-hydrogen) atoms. The average molecular weight is 289 g/mol. The lowest BCUT2D eigenvalue weighted by molar-refractivity contribution is 0.102. The molecule has 0 saturated carbocycles. The smallest absolute Gasteiger partial charge is 0.274 e. The summed E-state index contributed by atoms with van der Waals surface area (Å²) in [5, 5.41) is 2.72. The van der Waals surface area contributed by atoms with E-state index < -0.39 is 0 Å². The van der Waals surface area contributed by atoms with E-state index in [0.717, 1.165) is 0 Å². The van der Waals surface area contributed by atoms with Gasteiger partial charge >= 0.3 is 0 Å². The molecule has 0 bridgehead atoms. The Hall–Kier alpha value is -2.83. The van der Waals surface area contributed by atoms with Crippen LogP contribution in [0, 0.1) is 0 Å². The second-order valence-corrected chi connectivity index (χ2v) is 3.97. The number of amides is 1. The number of carbonyl (C=O) groups is 1. The Bertz CT molecular complexity index is 646. The molecule has 0 aliphatic rings. The zero-order valence-corrected chi connectivity index (χ0v) is 11.9. The quantitative estimate of drug-likeness (QED) is 0.903. The van der Waals surface area contributed by atoms with Gasteiger partial charge in [0.05, 0.1) is 27.0 Å². The summed E-state index contributed by atoms with van der Waals surface area (Å²) < 4.78 is 15.3. The summed E-state index contributed by atoms with van der Waals surface area (Å²) in [6.45, 7) is 0. The number of aromatic nitrogens is 2. The number of methoxy groups -OCH3 is 3. The molecule has 1 aromatic carbocycles. The average Bonchev–Trinajstić information content (AvgIpc) is 2.55. The predicted molar refractivity (Wildman–Crippen MR) is 76.1 cm³/mol. The molecule has 0 radical (unpaired) electrons. The lowest BCUT2D eigenvalue weighted by atomic mass is 10.2. The van der Waals surface area contributed by atoms with Gasteiger partial charge in [0, 0.05) is 12.1 Å². The maximum Gasteiger partial charge on any atom is 0.274 e. The van der Waals surface area contributed by atoms with Crippen molar-refractivity contribution in [3.8, 4) is 17.4 Å². The third-order valence-electron chi connectivity index (χ3n) is 2.74. The fraction of sp³-hybridized carbons (Fsp3) is 0.214. The van der Waals surface area contributed by atoms with Crippen molar-refractivity contribution in [1.82, 2.24) is 9.97 Å². The first-order valence-electron chi connectivity index (χ1n) is 6.07. The van der Waals surface area contributed by atoms with Crippen LogP contribution in [0.1, 0.15) is 10.5 Å². The Kier molecular flexibility index (Phi) is 4.55. The first-order valence-corrected chi connectivity index (χ1v) is 6.07. The Morgan fingerprint density at radius 2 is 1.86 bits per heavy atom. The van der Waals surface area contributed by atoms with Gasteiger partial charge in [-0.05, 0) is 12.1 Å². The van der Waals surface area contributed by atoms with Crippen molar-refractivity contribution in [2.75, 3.05) is 26.6 Å². The SMILES string of the molecule is COc1ccc(NC(=O)c2cc(OC)ncn2)c(OC)c1. The molecule has 0 aliphatic heterocycles. The van der Waals surface area contributed by atoms with Crippen molar-refractivity contribution in [3.05, 3.63) is 36.3 Å². The van der Waals surface area contributed by atoms with E-state index >= 15 is 0 Å². The van der Waals surface area contributed by atoms with Gasteiger partial charge in [-0.1, -0.05) is 0 Å². The maximum absolute atomic E-state index is 12.2. The van der Waals surface area contributed by atoms with Crippen molar-refractivity contribution in [1.29, 1.82) is 0 Å². The number of nitrogens with zero attached hydrogens (tertiary/aromatic N) is 2. The van der Waals surface area contributed by atoms with Crippen molar-refractivity contribution in [3.63, 3.8) is 0 Å². The summed E-state index contributed by atoms with van der Waals surface area (Å²) in [5.74, 6) is 1.05. The highest BCUT2D eigenvalue weighted by atomic mass is 16.5. The zero-order chi connectivity index (χ0) is 15.2. The molecule has 1 heterocycles. The molecule has 2 aromatic rings. The van der Waals surface area contributed by atoms with Crippen molar-refractivity contribution < 1.29 is 19.0 Å². The molecule has 0 aliphatic carbocycles. The number of nitrogens with one attached hydrogen (secondary N) is 1. The van der Waals surface area contributed by atoms with E-state index in [4.69, 9.17) is 14.2 Å². The van der Waals surface area contributed by atoms with E-state index in [-0.39, 0.29) is 11.6 Å². The van der Waals surface area contributed by atoms with E-state index in [1.807, 2.05) is 0 Å². The van der Waals surface area contributed by atoms with E-state index in [1.54, 1.807) is 25.3 Å². The molecule has 1 N–H and O–H groups in total. The van der Waals surface area contributed by atoms with Crippen LogP contribution in [0.25, 0.3) is 0 Å². The largest absolute Gasteiger partial charge is 0.497 e. The summed E-state index contributed by atoms with van der Waals surface area (Å²) in [6.07, 6.45) is 1.26. The van der Waals surface area contributed by atoms with Gasteiger partial charge in [0.2, 0.25) is 5.88 Å². The number of anilines is 1. The second-order valence-electron chi connectivity index (χ2n) is 3.97. The van der Waals surface area contributed by atoms with Gasteiger partial charge in [0.25, 0.3) is 5.91 Å². The maximum atomic E-state index is 12.2. The third kappa shape index (κ3) is 3.38. The standard InChI is InChI=1S/C14H15N3O4/c1-19-9-4-5-10(12(6-9)20-2)17-14(18)11-7-13(21-3)16-8-15-11/h4-8H,1-3H3,(H,17,18). The van der Waals surface area contributed by atoms with Crippen LogP contribution in [-0.4, -0.2) is 37.2 Å². The third-order valence-corrected chi connectivity index (χ3v) is 2.74. The Morgan fingerprint density at radius 3 is 2.52 bits per heavy atom. The van der Waals surface area contributed by atoms with Gasteiger partial charge in [-0.15, -0.1) is 0 Å². The topological polar surface area (TPSA) is 82.6 Å². The number of ether oxygens (including phenoxy) is 3. The Labute approximate surface area is 121 Å². The molecule has 0 saturated heterocycles. The minimum atomic E-state index is -0.390. The zero-order valence-electron chi connectivity index (χ0n) is 11.9. The number of benzene rings is 1. The first-order chi connectivity index (χ1) is 10.2. The van der Waals surface area contributed by atoms with Gasteiger partial charge in [-0.2, -0.15) is 0 Å². The van der Waals surface area contributed by atoms with Crippen LogP contribution < -0.4 is 19.5 Å². The molecule has 0 unspecified atom stereocenters. The predicted octanol–water partition coefficient (Wildman–Crippen LogP) is 1.75. The number of rotatable bonds is 5. The van der Waals surface area contributed by atoms with Crippen LogP contribution in [0.3, 0.4) is 0 Å². The molecular formula is C14H15N3O4. The molecule has 0 spiro atoms. The summed E-state index contributed by atoms with van der Waals surface area (Å²) in [5.41, 5.74) is 0.709. The van der Waals surface area contributed by atoms with Gasteiger partial charge in [0.15, 0.2) is 0 Å². The van der Waals surface area contributed by atoms with Gasteiger partial charge in [-0.25, -0.2) is 9.97 Å². The summed E-state index contributed by atoms with van der Waals surface area (Å²) in [7, 11) is 4.54. The molecule has 0 atom stereocenters. The van der Waals surface area contributed by atoms with E-state index in [1.165, 1.54) is 26.6 Å². The second kappa shape index (κ2) is 6.56. The van der Waals surface area contributed by atoms with Crippen molar-refractivity contribution >= 4 is 11.6 Å². The van der Waals surface area contributed by atoms with Gasteiger partial charge < -0.3 is 19.5 Å². The normalized spacial score (nSPS) is 9.86. The molecule has 7 heteroatoms. The Balaban J connectivity index is 2.22. The number of hydrogen-bond acceptors (Lipinski definition) is 6. The number of hydrogen-bond donors (Lipinski definition) is 1. The van der Waals surface area contributed by atoms with E-state index in [9.17, 15) is 4.79 Å². The monoisotopic (exact) mass is 289 g/mol. The van der Waals surface area contributed by atoms with Crippen LogP contribution in [0.15, 0.2) is 30.6 Å². The van der Waals surface area contributed by atoms with Crippen LogP contribution >= 0.6 is 0 Å². The van der Waals surface area contributed by atoms with Gasteiger partial charge in [0.1, 0.15) is 23.5 Å². The van der Waals surface area contributed by atoms with Crippen LogP contribution in [-0.2, 0) is 0 Å². The fourth-order valence-corrected chi connectivity index (χ4v) is 1.66. The minimum absolute atomic E-state index is 0.194. The van der Waals surface area contributed by atoms with Crippen molar-refractivity contribution in [2.24, 2.45) is 0 Å². The lowest BCUT2D eigenvalue weighted by Gasteiger charge is -2.11. The molecule has 7 nitrogen and oxygen atoms in total. The number of carbonyl (C=O) groups excluding carboxylic acids is 1. The molecule has 1 amide bonds. The van der Waals surface area contributed by atoms with Crippen molar-refractivity contribution in [2.45, 2.75) is 0 Å². The summed E-state index contributed by atoms with van der Waals surface area (Å²) in [4.78, 5) is 19.9. The molecule has 2 rings (SSSR count). The summed E-state index contributed by atoms with van der Waals surface area (Å²) in [6, 6.07) is 6.54. The van der Waals surface area contributed by atoms with Crippen LogP contribution in [0.5, 0.6) is 17.4 Å². The highest BCUT2D eigenvalue weighted by Gasteiger charge is 2.13. The molecule has 1 aromatic heterocycles. The molecule has 110 valence electrons. The van der Waals surface area contributed by atoms with Crippen LogP contribution in [0.2, 0.25) is 0 Å².